The average Bonchev–Trinajstić information content (AvgIpc) is 3.54. The molecule has 2 saturated heterocycles. The summed E-state index contributed by atoms with van der Waals surface area (Å²) in [5.41, 5.74) is 3.30. The number of esters is 4. The molecule has 0 bridgehead atoms. The SMILES string of the molecule is C=CCCCO[C@@H]1O[C@H](CO[C@H]2O[C@H](COC(=O)c3ccccc3)[C@@H](OC(=O)c3ccccc3)[C@H](OC(=O)c3ccccc3)[C@@H]2OC(=O)c2ccccc2)[C@@H](OCc2ccccc2)[C@H](OCc2ccccc2)[C@H]1OCc1ccccc1. The van der Waals surface area contributed by atoms with Crippen LogP contribution in [0.2, 0.25) is 0 Å². The van der Waals surface area contributed by atoms with Gasteiger partial charge >= 0.3 is 23.9 Å². The van der Waals surface area contributed by atoms with Crippen LogP contribution in [0, 0.1) is 0 Å². The summed E-state index contributed by atoms with van der Waals surface area (Å²) in [5.74, 6) is -3.27. The summed E-state index contributed by atoms with van der Waals surface area (Å²) < 4.78 is 72.7. The highest BCUT2D eigenvalue weighted by molar-refractivity contribution is 5.91. The molecule has 2 aliphatic heterocycles. The summed E-state index contributed by atoms with van der Waals surface area (Å²) in [5, 5.41) is 0. The molecule has 0 radical (unpaired) electrons. The molecule has 10 atom stereocenters. The van der Waals surface area contributed by atoms with E-state index in [1.165, 1.54) is 0 Å². The number of hydrogen-bond donors (Lipinski definition) is 0. The van der Waals surface area contributed by atoms with Gasteiger partial charge in [0.2, 0.25) is 0 Å². The van der Waals surface area contributed by atoms with Crippen molar-refractivity contribution < 1.29 is 71.3 Å². The Kier molecular flexibility index (Phi) is 21.3. The zero-order valence-electron chi connectivity index (χ0n) is 44.5. The van der Waals surface area contributed by atoms with Gasteiger partial charge in [-0.1, -0.05) is 170 Å². The lowest BCUT2D eigenvalue weighted by Crippen LogP contribution is -2.64. The van der Waals surface area contributed by atoms with E-state index in [0.29, 0.717) is 12.8 Å². The van der Waals surface area contributed by atoms with Crippen molar-refractivity contribution in [3.05, 3.63) is 264 Å². The van der Waals surface area contributed by atoms with Crippen LogP contribution in [0.25, 0.3) is 0 Å². The Bertz CT molecular complexity index is 3030. The summed E-state index contributed by atoms with van der Waals surface area (Å²) >= 11 is 0. The predicted octanol–water partition coefficient (Wildman–Crippen LogP) is 10.7. The Labute approximate surface area is 471 Å². The van der Waals surface area contributed by atoms with Crippen LogP contribution >= 0.6 is 0 Å². The van der Waals surface area contributed by atoms with Crippen molar-refractivity contribution in [1.29, 1.82) is 0 Å². The third-order valence-corrected chi connectivity index (χ3v) is 13.4. The monoisotopic (exact) mass is 1100 g/mol. The van der Waals surface area contributed by atoms with Gasteiger partial charge in [0.25, 0.3) is 0 Å². The second-order valence-corrected chi connectivity index (χ2v) is 19.2. The van der Waals surface area contributed by atoms with Gasteiger partial charge in [0, 0.05) is 0 Å². The van der Waals surface area contributed by atoms with E-state index in [0.717, 1.165) is 16.7 Å². The highest BCUT2D eigenvalue weighted by atomic mass is 16.8. The third kappa shape index (κ3) is 16.3. The number of ether oxygens (including phenoxy) is 11. The minimum Gasteiger partial charge on any atom is -0.459 e. The van der Waals surface area contributed by atoms with Gasteiger partial charge in [-0.2, -0.15) is 0 Å². The molecule has 0 saturated carbocycles. The standard InChI is InChI=1S/C66H64O15/c1-2-3-25-40-71-65-59(74-43-48-30-15-6-16-31-48)57(73-42-47-28-13-5-14-29-47)55(72-41-46-26-11-4-12-27-46)53(77-65)45-76-66-60(81-64(70)52-38-23-10-24-39-52)58(80-63(69)51-36-21-9-22-37-51)56(79-62(68)50-34-19-8-20-35-50)54(78-66)44-75-61(67)49-32-17-7-18-33-49/h2,4-24,26-39,53-60,65-66H,1,3,25,40-45H2/t53-,54-,55-,56-,57+,58+,59-,60+,65-,66+/m1/s1. The van der Waals surface area contributed by atoms with Crippen LogP contribution in [0.1, 0.15) is 71.0 Å². The fraction of sp³-hybridized carbons (Fsp3) is 0.273. The summed E-state index contributed by atoms with van der Waals surface area (Å²) in [4.78, 5) is 56.7. The lowest BCUT2D eigenvalue weighted by atomic mass is 9.96. The molecule has 0 amide bonds. The summed E-state index contributed by atoms with van der Waals surface area (Å²) in [7, 11) is 0. The number of carbonyl (C=O) groups is 4. The lowest BCUT2D eigenvalue weighted by Gasteiger charge is -2.47. The number of unbranched alkanes of at least 4 members (excludes halogenated alkanes) is 1. The van der Waals surface area contributed by atoms with Crippen molar-refractivity contribution >= 4 is 23.9 Å². The van der Waals surface area contributed by atoms with Crippen LogP contribution in [0.15, 0.2) is 225 Å². The van der Waals surface area contributed by atoms with E-state index < -0.39 is 91.9 Å². The Hall–Kier alpha value is -8.12. The largest absolute Gasteiger partial charge is 0.459 e. The molecular formula is C66H64O15. The Morgan fingerprint density at radius 1 is 0.370 bits per heavy atom. The highest BCUT2D eigenvalue weighted by Gasteiger charge is 2.55. The molecule has 0 aromatic heterocycles. The Balaban J connectivity index is 1.12. The van der Waals surface area contributed by atoms with Gasteiger partial charge in [-0.05, 0) is 78.1 Å². The topological polar surface area (TPSA) is 170 Å². The molecule has 0 N–H and O–H groups in total. The minimum absolute atomic E-state index is 0.116. The first-order valence-corrected chi connectivity index (χ1v) is 26.9. The van der Waals surface area contributed by atoms with E-state index in [-0.39, 0.29) is 55.3 Å². The molecule has 7 aromatic rings. The van der Waals surface area contributed by atoms with E-state index in [1.807, 2.05) is 97.1 Å². The van der Waals surface area contributed by atoms with Crippen LogP contribution < -0.4 is 0 Å². The van der Waals surface area contributed by atoms with Crippen LogP contribution in [-0.4, -0.2) is 105 Å². The van der Waals surface area contributed by atoms with Gasteiger partial charge < -0.3 is 52.1 Å². The Morgan fingerprint density at radius 2 is 0.728 bits per heavy atom. The summed E-state index contributed by atoms with van der Waals surface area (Å²) in [6, 6.07) is 61.7. The number of allylic oxidation sites excluding steroid dienone is 1. The van der Waals surface area contributed by atoms with Gasteiger partial charge in [0.15, 0.2) is 30.9 Å². The van der Waals surface area contributed by atoms with Gasteiger partial charge in [-0.25, -0.2) is 19.2 Å². The van der Waals surface area contributed by atoms with Crippen molar-refractivity contribution in [3.8, 4) is 0 Å². The normalized spacial score (nSPS) is 22.4. The maximum Gasteiger partial charge on any atom is 0.338 e. The highest BCUT2D eigenvalue weighted by Crippen LogP contribution is 2.35. The molecule has 2 heterocycles. The maximum absolute atomic E-state index is 14.4. The second-order valence-electron chi connectivity index (χ2n) is 19.2. The van der Waals surface area contributed by atoms with Gasteiger partial charge in [0.1, 0.15) is 37.1 Å². The minimum atomic E-state index is -1.68. The van der Waals surface area contributed by atoms with Crippen LogP contribution in [0.5, 0.6) is 0 Å². The molecule has 2 fully saturated rings. The average molecular weight is 1100 g/mol. The van der Waals surface area contributed by atoms with Crippen LogP contribution in [0.4, 0.5) is 0 Å². The number of benzene rings is 7. The predicted molar refractivity (Wildman–Crippen MR) is 297 cm³/mol. The molecule has 9 rings (SSSR count). The molecule has 15 heteroatoms. The molecular weight excluding hydrogens is 1030 g/mol. The molecule has 418 valence electrons. The zero-order chi connectivity index (χ0) is 56.0. The van der Waals surface area contributed by atoms with Gasteiger partial charge in [0.05, 0.1) is 55.3 Å². The van der Waals surface area contributed by atoms with Crippen LogP contribution in [0.3, 0.4) is 0 Å². The first kappa shape index (κ1) is 57.6. The molecule has 2 aliphatic rings. The molecule has 0 unspecified atom stereocenters. The maximum atomic E-state index is 14.4. The summed E-state index contributed by atoms with van der Waals surface area (Å²) in [6.45, 7) is 3.68. The first-order valence-electron chi connectivity index (χ1n) is 26.9. The van der Waals surface area contributed by atoms with Crippen molar-refractivity contribution in [2.24, 2.45) is 0 Å². The van der Waals surface area contributed by atoms with Gasteiger partial charge in [-0.3, -0.25) is 0 Å². The lowest BCUT2D eigenvalue weighted by molar-refractivity contribution is -0.343. The number of hydrogen-bond acceptors (Lipinski definition) is 15. The van der Waals surface area contributed by atoms with Crippen molar-refractivity contribution in [2.75, 3.05) is 19.8 Å². The number of carbonyl (C=O) groups excluding carboxylic acids is 4. The van der Waals surface area contributed by atoms with E-state index >= 15 is 0 Å². The Morgan fingerprint density at radius 3 is 1.17 bits per heavy atom. The van der Waals surface area contributed by atoms with Crippen LogP contribution in [-0.2, 0) is 71.9 Å². The first-order chi connectivity index (χ1) is 39.8. The summed E-state index contributed by atoms with van der Waals surface area (Å²) in [6.07, 6.45) is -9.72. The van der Waals surface area contributed by atoms with E-state index in [9.17, 15) is 19.2 Å². The molecule has 0 aliphatic carbocycles. The fourth-order valence-corrected chi connectivity index (χ4v) is 9.29. The molecule has 7 aromatic carbocycles. The third-order valence-electron chi connectivity index (χ3n) is 13.4. The fourth-order valence-electron chi connectivity index (χ4n) is 9.29. The van der Waals surface area contributed by atoms with E-state index in [1.54, 1.807) is 121 Å². The van der Waals surface area contributed by atoms with Crippen molar-refractivity contribution in [2.45, 2.75) is 94.1 Å². The zero-order valence-corrected chi connectivity index (χ0v) is 44.5. The van der Waals surface area contributed by atoms with E-state index in [4.69, 9.17) is 52.1 Å². The molecule has 15 nitrogen and oxygen atoms in total. The quantitative estimate of drug-likeness (QED) is 0.0217. The van der Waals surface area contributed by atoms with Crippen molar-refractivity contribution in [1.82, 2.24) is 0 Å². The van der Waals surface area contributed by atoms with E-state index in [2.05, 4.69) is 6.58 Å². The second kappa shape index (κ2) is 29.9. The van der Waals surface area contributed by atoms with Gasteiger partial charge in [-0.15, -0.1) is 6.58 Å². The number of rotatable bonds is 26. The van der Waals surface area contributed by atoms with Crippen molar-refractivity contribution in [3.63, 3.8) is 0 Å². The smallest absolute Gasteiger partial charge is 0.338 e. The molecule has 81 heavy (non-hydrogen) atoms. The molecule has 0 spiro atoms.